The molecule has 0 N–H and O–H groups in total. The molecular formula is C15H7Cl3N2. The van der Waals surface area contributed by atoms with Gasteiger partial charge in [0.15, 0.2) is 0 Å². The number of benzene rings is 2. The predicted molar refractivity (Wildman–Crippen MR) is 83.2 cm³/mol. The van der Waals surface area contributed by atoms with Gasteiger partial charge in [0, 0.05) is 10.8 Å². The van der Waals surface area contributed by atoms with E-state index in [-0.39, 0.29) is 0 Å². The minimum atomic E-state index is -1.64. The molecular weight excluding hydrogens is 315 g/mol. The molecule has 0 fully saturated rings. The van der Waals surface area contributed by atoms with Gasteiger partial charge in [-0.05, 0) is 23.6 Å². The van der Waals surface area contributed by atoms with E-state index in [0.29, 0.717) is 16.6 Å². The zero-order chi connectivity index (χ0) is 14.3. The van der Waals surface area contributed by atoms with E-state index in [4.69, 9.17) is 40.1 Å². The Morgan fingerprint density at radius 1 is 0.950 bits per heavy atom. The number of nitrogens with zero attached hydrogens (tertiary/aromatic N) is 2. The lowest BCUT2D eigenvalue weighted by Gasteiger charge is -2.15. The van der Waals surface area contributed by atoms with E-state index >= 15 is 0 Å². The maximum absolute atomic E-state index is 9.03. The summed E-state index contributed by atoms with van der Waals surface area (Å²) in [6.07, 6.45) is 0. The van der Waals surface area contributed by atoms with Gasteiger partial charge in [-0.2, -0.15) is 5.26 Å². The molecule has 0 spiro atoms. The highest BCUT2D eigenvalue weighted by Gasteiger charge is 2.28. The molecule has 3 rings (SSSR count). The van der Waals surface area contributed by atoms with Crippen molar-refractivity contribution in [3.8, 4) is 6.07 Å². The summed E-state index contributed by atoms with van der Waals surface area (Å²) in [6.45, 7) is 0. The number of alkyl halides is 3. The van der Waals surface area contributed by atoms with Crippen molar-refractivity contribution in [3.63, 3.8) is 0 Å². The van der Waals surface area contributed by atoms with Crippen LogP contribution in [-0.4, -0.2) is 4.98 Å². The number of hydrogen-bond donors (Lipinski definition) is 0. The third-order valence-electron chi connectivity index (χ3n) is 3.10. The molecule has 0 radical (unpaired) electrons. The molecule has 2 aromatic carbocycles. The summed E-state index contributed by atoms with van der Waals surface area (Å²) < 4.78 is -1.64. The van der Waals surface area contributed by atoms with Gasteiger partial charge >= 0.3 is 0 Å². The van der Waals surface area contributed by atoms with Crippen LogP contribution in [0.1, 0.15) is 11.3 Å². The summed E-state index contributed by atoms with van der Waals surface area (Å²) >= 11 is 18.1. The number of para-hydroxylation sites is 1. The fourth-order valence-corrected chi connectivity index (χ4v) is 2.67. The SMILES string of the molecule is N#Cc1ccc2c(c1)c(C(Cl)(Cl)Cl)nc1ccccc12. The average Bonchev–Trinajstić information content (AvgIpc) is 2.44. The Morgan fingerprint density at radius 2 is 1.70 bits per heavy atom. The second kappa shape index (κ2) is 4.79. The Hall–Kier alpha value is -1.53. The summed E-state index contributed by atoms with van der Waals surface area (Å²) in [7, 11) is 0. The smallest absolute Gasteiger partial charge is 0.233 e. The standard InChI is InChI=1S/C15H7Cl3N2/c16-15(17,18)14-12-7-9(8-19)5-6-10(12)11-3-1-2-4-13(11)20-14/h1-7H. The lowest BCUT2D eigenvalue weighted by Crippen LogP contribution is -2.05. The summed E-state index contributed by atoms with van der Waals surface area (Å²) in [5.74, 6) is 0. The van der Waals surface area contributed by atoms with E-state index in [9.17, 15) is 0 Å². The van der Waals surface area contributed by atoms with Crippen LogP contribution in [0.2, 0.25) is 0 Å². The van der Waals surface area contributed by atoms with Gasteiger partial charge in [0.05, 0.1) is 17.1 Å². The van der Waals surface area contributed by atoms with Gasteiger partial charge in [0.2, 0.25) is 3.79 Å². The molecule has 0 aliphatic carbocycles. The van der Waals surface area contributed by atoms with Crippen molar-refractivity contribution in [2.24, 2.45) is 0 Å². The van der Waals surface area contributed by atoms with Gasteiger partial charge in [-0.3, -0.25) is 0 Å². The Balaban J connectivity index is 2.54. The third-order valence-corrected chi connectivity index (χ3v) is 3.64. The number of rotatable bonds is 0. The zero-order valence-electron chi connectivity index (χ0n) is 10.1. The highest BCUT2D eigenvalue weighted by molar-refractivity contribution is 6.67. The van der Waals surface area contributed by atoms with Crippen molar-refractivity contribution in [2.75, 3.05) is 0 Å². The number of aromatic nitrogens is 1. The average molecular weight is 322 g/mol. The van der Waals surface area contributed by atoms with Crippen molar-refractivity contribution in [2.45, 2.75) is 3.79 Å². The van der Waals surface area contributed by atoms with E-state index in [1.54, 1.807) is 12.1 Å². The molecule has 2 nitrogen and oxygen atoms in total. The number of fused-ring (bicyclic) bond motifs is 3. The van der Waals surface area contributed by atoms with Crippen molar-refractivity contribution in [1.82, 2.24) is 4.98 Å². The van der Waals surface area contributed by atoms with Crippen LogP contribution in [0.3, 0.4) is 0 Å². The molecule has 0 amide bonds. The Labute approximate surface area is 130 Å². The Kier molecular flexibility index (Phi) is 3.22. The Morgan fingerprint density at radius 3 is 2.40 bits per heavy atom. The zero-order valence-corrected chi connectivity index (χ0v) is 12.3. The summed E-state index contributed by atoms with van der Waals surface area (Å²) in [4.78, 5) is 4.44. The van der Waals surface area contributed by atoms with Crippen LogP contribution in [0.15, 0.2) is 42.5 Å². The van der Waals surface area contributed by atoms with Gasteiger partial charge in [-0.15, -0.1) is 0 Å². The topological polar surface area (TPSA) is 36.7 Å². The van der Waals surface area contributed by atoms with Gasteiger partial charge in [0.1, 0.15) is 5.69 Å². The largest absolute Gasteiger partial charge is 0.248 e. The second-order valence-electron chi connectivity index (χ2n) is 4.35. The van der Waals surface area contributed by atoms with Crippen LogP contribution in [0, 0.1) is 11.3 Å². The van der Waals surface area contributed by atoms with Gasteiger partial charge in [-0.25, -0.2) is 4.98 Å². The summed E-state index contributed by atoms with van der Waals surface area (Å²) in [5.41, 5.74) is 1.60. The first kappa shape index (κ1) is 13.5. The van der Waals surface area contributed by atoms with E-state index < -0.39 is 3.79 Å². The maximum atomic E-state index is 9.03. The summed E-state index contributed by atoms with van der Waals surface area (Å²) in [6, 6.07) is 15.0. The van der Waals surface area contributed by atoms with Gasteiger partial charge in [-0.1, -0.05) is 59.1 Å². The van der Waals surface area contributed by atoms with Crippen molar-refractivity contribution >= 4 is 56.5 Å². The molecule has 0 saturated carbocycles. The van der Waals surface area contributed by atoms with E-state index in [2.05, 4.69) is 11.1 Å². The monoisotopic (exact) mass is 320 g/mol. The number of nitriles is 1. The van der Waals surface area contributed by atoms with Crippen LogP contribution in [0.25, 0.3) is 21.7 Å². The molecule has 20 heavy (non-hydrogen) atoms. The molecule has 0 aliphatic heterocycles. The molecule has 0 unspecified atom stereocenters. The van der Waals surface area contributed by atoms with Crippen LogP contribution >= 0.6 is 34.8 Å². The van der Waals surface area contributed by atoms with Crippen molar-refractivity contribution in [1.29, 1.82) is 5.26 Å². The lowest BCUT2D eigenvalue weighted by atomic mass is 10.0. The molecule has 0 atom stereocenters. The van der Waals surface area contributed by atoms with Crippen LogP contribution in [-0.2, 0) is 3.79 Å². The van der Waals surface area contributed by atoms with Crippen molar-refractivity contribution < 1.29 is 0 Å². The van der Waals surface area contributed by atoms with Crippen molar-refractivity contribution in [3.05, 3.63) is 53.7 Å². The maximum Gasteiger partial charge on any atom is 0.233 e. The van der Waals surface area contributed by atoms with Crippen LogP contribution in [0.4, 0.5) is 0 Å². The molecule has 0 saturated heterocycles. The predicted octanol–water partition coefficient (Wildman–Crippen LogP) is 5.09. The molecule has 5 heteroatoms. The third kappa shape index (κ3) is 2.19. The van der Waals surface area contributed by atoms with E-state index in [0.717, 1.165) is 16.3 Å². The first-order valence-corrected chi connectivity index (χ1v) is 6.94. The van der Waals surface area contributed by atoms with Crippen LogP contribution < -0.4 is 0 Å². The molecule has 1 aromatic heterocycles. The highest BCUT2D eigenvalue weighted by Crippen LogP contribution is 2.42. The van der Waals surface area contributed by atoms with Gasteiger partial charge in [0.25, 0.3) is 0 Å². The molecule has 98 valence electrons. The quantitative estimate of drug-likeness (QED) is 0.427. The fourth-order valence-electron chi connectivity index (χ4n) is 2.24. The lowest BCUT2D eigenvalue weighted by molar-refractivity contribution is 1.14. The number of halogens is 3. The van der Waals surface area contributed by atoms with E-state index in [1.807, 2.05) is 30.3 Å². The van der Waals surface area contributed by atoms with Crippen LogP contribution in [0.5, 0.6) is 0 Å². The first-order valence-electron chi connectivity index (χ1n) is 5.80. The summed E-state index contributed by atoms with van der Waals surface area (Å²) in [5, 5.41) is 11.6. The highest BCUT2D eigenvalue weighted by atomic mass is 35.6. The fraction of sp³-hybridized carbons (Fsp3) is 0.0667. The van der Waals surface area contributed by atoms with Gasteiger partial charge < -0.3 is 0 Å². The number of hydrogen-bond acceptors (Lipinski definition) is 2. The minimum absolute atomic E-state index is 0.341. The Bertz CT molecular complexity index is 860. The molecule has 1 heterocycles. The minimum Gasteiger partial charge on any atom is -0.248 e. The first-order chi connectivity index (χ1) is 9.50. The normalized spacial score (nSPS) is 11.7. The number of pyridine rings is 1. The van der Waals surface area contributed by atoms with E-state index in [1.165, 1.54) is 0 Å². The second-order valence-corrected chi connectivity index (χ2v) is 6.63. The molecule has 0 aliphatic rings. The molecule has 3 aromatic rings. The molecule has 0 bridgehead atoms.